The van der Waals surface area contributed by atoms with Crippen LogP contribution in [0.25, 0.3) is 0 Å². The quantitative estimate of drug-likeness (QED) is 0.677. The Labute approximate surface area is 140 Å². The van der Waals surface area contributed by atoms with E-state index in [1.165, 1.54) is 6.07 Å². The number of phenols is 1. The minimum Gasteiger partial charge on any atom is -0.508 e. The lowest BCUT2D eigenvalue weighted by atomic mass is 9.97. The van der Waals surface area contributed by atoms with Gasteiger partial charge in [0.2, 0.25) is 5.78 Å². The standard InChI is InChI=1S/C18H21NO5/c1-3-23-18(22)12-6-8-19(9-7-12)10-15-16(21)13-4-5-14(20)11(2)17(13)24-15/h4-5,10,12,20H,3,6-9H2,1-2H3. The number of benzene rings is 1. The lowest BCUT2D eigenvalue weighted by molar-refractivity contribution is -0.149. The summed E-state index contributed by atoms with van der Waals surface area (Å²) in [5.74, 6) is 0.396. The number of ether oxygens (including phenoxy) is 2. The summed E-state index contributed by atoms with van der Waals surface area (Å²) in [6.07, 6.45) is 3.10. The average Bonchev–Trinajstić information content (AvgIpc) is 2.89. The van der Waals surface area contributed by atoms with E-state index in [4.69, 9.17) is 9.47 Å². The average molecular weight is 331 g/mol. The van der Waals surface area contributed by atoms with Crippen molar-refractivity contribution in [3.8, 4) is 11.5 Å². The second-order valence-electron chi connectivity index (χ2n) is 6.07. The summed E-state index contributed by atoms with van der Waals surface area (Å²) >= 11 is 0. The number of nitrogens with zero attached hydrogens (tertiary/aromatic N) is 1. The summed E-state index contributed by atoms with van der Waals surface area (Å²) < 4.78 is 10.7. The van der Waals surface area contributed by atoms with Crippen LogP contribution in [-0.2, 0) is 9.53 Å². The first kappa shape index (κ1) is 16.4. The fourth-order valence-electron chi connectivity index (χ4n) is 3.06. The molecule has 2 heterocycles. The Morgan fingerprint density at radius 2 is 2.12 bits per heavy atom. The Morgan fingerprint density at radius 1 is 1.42 bits per heavy atom. The Kier molecular flexibility index (Phi) is 4.46. The van der Waals surface area contributed by atoms with Crippen molar-refractivity contribution in [2.75, 3.05) is 19.7 Å². The second kappa shape index (κ2) is 6.55. The van der Waals surface area contributed by atoms with Gasteiger partial charge in [-0.2, -0.15) is 0 Å². The highest BCUT2D eigenvalue weighted by Crippen LogP contribution is 2.38. The molecule has 2 aliphatic rings. The van der Waals surface area contributed by atoms with E-state index < -0.39 is 0 Å². The van der Waals surface area contributed by atoms with E-state index in [0.29, 0.717) is 49.4 Å². The van der Waals surface area contributed by atoms with Gasteiger partial charge in [0, 0.05) is 24.9 Å². The number of carbonyl (C=O) groups excluding carboxylic acids is 2. The van der Waals surface area contributed by atoms with Crippen LogP contribution in [0.5, 0.6) is 11.5 Å². The normalized spacial score (nSPS) is 19.3. The summed E-state index contributed by atoms with van der Waals surface area (Å²) in [5, 5.41) is 9.74. The molecule has 128 valence electrons. The lowest BCUT2D eigenvalue weighted by Gasteiger charge is -2.29. The van der Waals surface area contributed by atoms with E-state index in [2.05, 4.69) is 0 Å². The minimum atomic E-state index is -0.180. The number of aromatic hydroxyl groups is 1. The van der Waals surface area contributed by atoms with Crippen molar-refractivity contribution in [2.45, 2.75) is 26.7 Å². The molecule has 0 saturated carbocycles. The van der Waals surface area contributed by atoms with Crippen LogP contribution in [0.2, 0.25) is 0 Å². The van der Waals surface area contributed by atoms with Gasteiger partial charge in [0.15, 0.2) is 5.76 Å². The number of hydrogen-bond acceptors (Lipinski definition) is 6. The third-order valence-electron chi connectivity index (χ3n) is 4.51. The van der Waals surface area contributed by atoms with Gasteiger partial charge in [-0.25, -0.2) is 0 Å². The zero-order valence-electron chi connectivity index (χ0n) is 13.9. The zero-order valence-corrected chi connectivity index (χ0v) is 13.9. The molecule has 0 aromatic heterocycles. The third kappa shape index (κ3) is 2.96. The van der Waals surface area contributed by atoms with E-state index in [1.807, 2.05) is 4.90 Å². The predicted molar refractivity (Wildman–Crippen MR) is 86.8 cm³/mol. The first-order chi connectivity index (χ1) is 11.5. The SMILES string of the molecule is CCOC(=O)C1CCN(C=C2Oc3c(ccc(O)c3C)C2=O)CC1. The predicted octanol–water partition coefficient (Wildman–Crippen LogP) is 2.39. The molecule has 1 N–H and O–H groups in total. The van der Waals surface area contributed by atoms with Crippen LogP contribution in [0.1, 0.15) is 35.7 Å². The smallest absolute Gasteiger partial charge is 0.309 e. The molecule has 2 aliphatic heterocycles. The van der Waals surface area contributed by atoms with Crippen molar-refractivity contribution in [3.05, 3.63) is 35.2 Å². The molecule has 0 unspecified atom stereocenters. The second-order valence-corrected chi connectivity index (χ2v) is 6.07. The zero-order chi connectivity index (χ0) is 17.3. The Bertz CT molecular complexity index is 702. The number of ketones is 1. The molecule has 3 rings (SSSR count). The molecule has 0 amide bonds. The number of piperidine rings is 1. The van der Waals surface area contributed by atoms with E-state index >= 15 is 0 Å². The Hall–Kier alpha value is -2.50. The maximum Gasteiger partial charge on any atom is 0.309 e. The molecular formula is C18H21NO5. The van der Waals surface area contributed by atoms with Gasteiger partial charge in [0.05, 0.1) is 18.1 Å². The minimum absolute atomic E-state index is 0.0730. The maximum absolute atomic E-state index is 12.4. The fraction of sp³-hybridized carbons (Fsp3) is 0.444. The Balaban J connectivity index is 1.68. The van der Waals surface area contributed by atoms with E-state index in [1.54, 1.807) is 26.1 Å². The van der Waals surface area contributed by atoms with Gasteiger partial charge in [-0.3, -0.25) is 9.59 Å². The van der Waals surface area contributed by atoms with Gasteiger partial charge in [0.25, 0.3) is 0 Å². The van der Waals surface area contributed by atoms with E-state index in [0.717, 1.165) is 0 Å². The monoisotopic (exact) mass is 331 g/mol. The molecule has 0 radical (unpaired) electrons. The molecule has 6 heteroatoms. The van der Waals surface area contributed by atoms with Gasteiger partial charge in [-0.1, -0.05) is 0 Å². The van der Waals surface area contributed by atoms with Gasteiger partial charge in [0.1, 0.15) is 11.5 Å². The van der Waals surface area contributed by atoms with Crippen molar-refractivity contribution in [1.29, 1.82) is 0 Å². The molecule has 1 saturated heterocycles. The highest BCUT2D eigenvalue weighted by Gasteiger charge is 2.31. The van der Waals surface area contributed by atoms with Crippen molar-refractivity contribution < 1.29 is 24.2 Å². The highest BCUT2D eigenvalue weighted by atomic mass is 16.5. The van der Waals surface area contributed by atoms with Crippen LogP contribution < -0.4 is 4.74 Å². The number of carbonyl (C=O) groups is 2. The molecule has 0 spiro atoms. The number of likely N-dealkylation sites (tertiary alicyclic amines) is 1. The summed E-state index contributed by atoms with van der Waals surface area (Å²) in [7, 11) is 0. The first-order valence-electron chi connectivity index (χ1n) is 8.19. The number of phenolic OH excluding ortho intramolecular Hbond substituents is 1. The van der Waals surface area contributed by atoms with Gasteiger partial charge in [-0.05, 0) is 38.8 Å². The molecule has 24 heavy (non-hydrogen) atoms. The third-order valence-corrected chi connectivity index (χ3v) is 4.51. The molecule has 0 bridgehead atoms. The van der Waals surface area contributed by atoms with Crippen LogP contribution in [0, 0.1) is 12.8 Å². The lowest BCUT2D eigenvalue weighted by Crippen LogP contribution is -2.34. The van der Waals surface area contributed by atoms with Gasteiger partial charge >= 0.3 is 5.97 Å². The molecule has 6 nitrogen and oxygen atoms in total. The Morgan fingerprint density at radius 3 is 2.79 bits per heavy atom. The van der Waals surface area contributed by atoms with Crippen molar-refractivity contribution in [1.82, 2.24) is 4.90 Å². The van der Waals surface area contributed by atoms with Gasteiger partial charge in [-0.15, -0.1) is 0 Å². The van der Waals surface area contributed by atoms with Crippen LogP contribution in [0.15, 0.2) is 24.1 Å². The molecule has 0 aliphatic carbocycles. The van der Waals surface area contributed by atoms with Crippen LogP contribution >= 0.6 is 0 Å². The van der Waals surface area contributed by atoms with Crippen molar-refractivity contribution in [2.24, 2.45) is 5.92 Å². The molecular weight excluding hydrogens is 310 g/mol. The van der Waals surface area contributed by atoms with Crippen LogP contribution in [-0.4, -0.2) is 41.5 Å². The van der Waals surface area contributed by atoms with E-state index in [9.17, 15) is 14.7 Å². The van der Waals surface area contributed by atoms with Gasteiger partial charge < -0.3 is 19.5 Å². The van der Waals surface area contributed by atoms with Crippen LogP contribution in [0.3, 0.4) is 0 Å². The molecule has 1 fully saturated rings. The summed E-state index contributed by atoms with van der Waals surface area (Å²) in [6.45, 7) is 5.26. The number of hydrogen-bond donors (Lipinski definition) is 1. The van der Waals surface area contributed by atoms with Crippen molar-refractivity contribution in [3.63, 3.8) is 0 Å². The number of esters is 1. The molecule has 1 aromatic rings. The number of Topliss-reactive ketones (excluding diaryl/α,β-unsaturated/α-hetero) is 1. The summed E-state index contributed by atoms with van der Waals surface area (Å²) in [5.41, 5.74) is 1.03. The summed E-state index contributed by atoms with van der Waals surface area (Å²) in [4.78, 5) is 26.2. The first-order valence-corrected chi connectivity index (χ1v) is 8.19. The highest BCUT2D eigenvalue weighted by molar-refractivity contribution is 6.12. The van der Waals surface area contributed by atoms with Crippen LogP contribution in [0.4, 0.5) is 0 Å². The number of rotatable bonds is 3. The molecule has 1 aromatic carbocycles. The maximum atomic E-state index is 12.4. The largest absolute Gasteiger partial charge is 0.508 e. The summed E-state index contributed by atoms with van der Waals surface area (Å²) in [6, 6.07) is 3.08. The molecule has 0 atom stereocenters. The van der Waals surface area contributed by atoms with E-state index in [-0.39, 0.29) is 29.2 Å². The number of allylic oxidation sites excluding steroid dienone is 1. The fourth-order valence-corrected chi connectivity index (χ4v) is 3.06. The van der Waals surface area contributed by atoms with Crippen molar-refractivity contribution >= 4 is 11.8 Å². The topological polar surface area (TPSA) is 76.1 Å². The number of fused-ring (bicyclic) bond motifs is 1.